The van der Waals surface area contributed by atoms with E-state index in [9.17, 15) is 4.79 Å². The number of aryl methyl sites for hydroxylation is 1. The van der Waals surface area contributed by atoms with Crippen LogP contribution >= 0.6 is 0 Å². The Morgan fingerprint density at radius 1 is 1.29 bits per heavy atom. The molecule has 88 valence electrons. The first-order chi connectivity index (χ1) is 8.22. The van der Waals surface area contributed by atoms with E-state index in [1.54, 1.807) is 7.11 Å². The minimum atomic E-state index is -0.179. The van der Waals surface area contributed by atoms with E-state index in [1.807, 2.05) is 31.2 Å². The number of hydrogen-bond acceptors (Lipinski definition) is 3. The monoisotopic (exact) mass is 231 g/mol. The number of methoxy groups -OCH3 is 1. The van der Waals surface area contributed by atoms with Crippen LogP contribution in [-0.4, -0.2) is 23.5 Å². The molecule has 0 aliphatic carbocycles. The molecule has 0 bridgehead atoms. The summed E-state index contributed by atoms with van der Waals surface area (Å²) in [6, 6.07) is 7.38. The quantitative estimate of drug-likeness (QED) is 0.790. The number of para-hydroxylation sites is 2. The molecule has 5 heteroatoms. The zero-order valence-electron chi connectivity index (χ0n) is 9.65. The highest BCUT2D eigenvalue weighted by Crippen LogP contribution is 2.25. The van der Waals surface area contributed by atoms with E-state index in [0.29, 0.717) is 17.0 Å². The average molecular weight is 231 g/mol. The number of hydrogen-bond donors (Lipinski definition) is 2. The molecule has 0 saturated heterocycles. The van der Waals surface area contributed by atoms with Gasteiger partial charge in [-0.2, -0.15) is 0 Å². The maximum Gasteiger partial charge on any atom is 0.272 e. The smallest absolute Gasteiger partial charge is 0.272 e. The molecule has 5 nitrogen and oxygen atoms in total. The molecule has 2 aromatic rings. The van der Waals surface area contributed by atoms with Crippen molar-refractivity contribution < 1.29 is 4.74 Å². The molecule has 1 aromatic carbocycles. The van der Waals surface area contributed by atoms with Crippen molar-refractivity contribution in [3.63, 3.8) is 0 Å². The summed E-state index contributed by atoms with van der Waals surface area (Å²) < 4.78 is 5.17. The van der Waals surface area contributed by atoms with Crippen molar-refractivity contribution in [1.29, 1.82) is 0 Å². The van der Waals surface area contributed by atoms with Gasteiger partial charge in [-0.3, -0.25) is 14.9 Å². The van der Waals surface area contributed by atoms with Crippen molar-refractivity contribution in [2.45, 2.75) is 6.92 Å². The largest absolute Gasteiger partial charge is 0.494 e. The second kappa shape index (κ2) is 4.69. The molecular formula is C12H13N3O2. The number of benzene rings is 1. The van der Waals surface area contributed by atoms with Crippen molar-refractivity contribution >= 4 is 11.9 Å². The SMILES string of the molecule is COc1ccccc1N=Cc1c(C)[nH][nH]c1=O. The zero-order chi connectivity index (χ0) is 12.3. The molecule has 2 N–H and O–H groups in total. The first-order valence-corrected chi connectivity index (χ1v) is 5.16. The number of aromatic nitrogens is 2. The van der Waals surface area contributed by atoms with Crippen LogP contribution in [0.1, 0.15) is 11.3 Å². The summed E-state index contributed by atoms with van der Waals surface area (Å²) in [7, 11) is 1.59. The summed E-state index contributed by atoms with van der Waals surface area (Å²) in [4.78, 5) is 15.7. The van der Waals surface area contributed by atoms with Crippen molar-refractivity contribution in [3.8, 4) is 5.75 Å². The summed E-state index contributed by atoms with van der Waals surface area (Å²) in [5, 5.41) is 5.24. The Labute approximate surface area is 98.2 Å². The van der Waals surface area contributed by atoms with Gasteiger partial charge >= 0.3 is 0 Å². The minimum Gasteiger partial charge on any atom is -0.494 e. The van der Waals surface area contributed by atoms with E-state index in [-0.39, 0.29) is 5.56 Å². The molecule has 0 atom stereocenters. The molecule has 1 aromatic heterocycles. The third-order valence-corrected chi connectivity index (χ3v) is 2.43. The van der Waals surface area contributed by atoms with Crippen LogP contribution in [0.2, 0.25) is 0 Å². The van der Waals surface area contributed by atoms with Crippen LogP contribution in [-0.2, 0) is 0 Å². The van der Waals surface area contributed by atoms with E-state index < -0.39 is 0 Å². The van der Waals surface area contributed by atoms with Crippen LogP contribution in [0.15, 0.2) is 34.1 Å². The lowest BCUT2D eigenvalue weighted by Gasteiger charge is -2.02. The first-order valence-electron chi connectivity index (χ1n) is 5.16. The van der Waals surface area contributed by atoms with Crippen molar-refractivity contribution in [3.05, 3.63) is 45.9 Å². The van der Waals surface area contributed by atoms with Gasteiger partial charge in [0.05, 0.1) is 12.7 Å². The van der Waals surface area contributed by atoms with Crippen LogP contribution < -0.4 is 10.3 Å². The second-order valence-corrected chi connectivity index (χ2v) is 3.55. The number of ether oxygens (including phenoxy) is 1. The van der Waals surface area contributed by atoms with E-state index >= 15 is 0 Å². The van der Waals surface area contributed by atoms with Crippen LogP contribution in [0, 0.1) is 6.92 Å². The lowest BCUT2D eigenvalue weighted by molar-refractivity contribution is 0.416. The maximum absolute atomic E-state index is 11.4. The molecule has 0 saturated carbocycles. The predicted molar refractivity (Wildman–Crippen MR) is 66.4 cm³/mol. The summed E-state index contributed by atoms with van der Waals surface area (Å²) in [6.07, 6.45) is 1.53. The van der Waals surface area contributed by atoms with Gasteiger partial charge in [0, 0.05) is 11.9 Å². The lowest BCUT2D eigenvalue weighted by Crippen LogP contribution is -2.04. The first kappa shape index (κ1) is 11.2. The molecule has 0 aliphatic heterocycles. The van der Waals surface area contributed by atoms with Gasteiger partial charge in [-0.25, -0.2) is 0 Å². The predicted octanol–water partition coefficient (Wildman–Crippen LogP) is 1.77. The molecule has 0 spiro atoms. The van der Waals surface area contributed by atoms with Gasteiger partial charge in [0.1, 0.15) is 11.4 Å². The molecule has 0 unspecified atom stereocenters. The van der Waals surface area contributed by atoms with Gasteiger partial charge in [-0.05, 0) is 19.1 Å². The van der Waals surface area contributed by atoms with Gasteiger partial charge in [0.25, 0.3) is 5.56 Å². The summed E-state index contributed by atoms with van der Waals surface area (Å²) in [5.41, 5.74) is 1.79. The number of H-pyrrole nitrogens is 2. The Bertz CT molecular complexity index is 596. The highest BCUT2D eigenvalue weighted by atomic mass is 16.5. The van der Waals surface area contributed by atoms with Gasteiger partial charge < -0.3 is 9.84 Å². The van der Waals surface area contributed by atoms with Crippen LogP contribution in [0.25, 0.3) is 0 Å². The number of rotatable bonds is 3. The minimum absolute atomic E-state index is 0.179. The fourth-order valence-electron chi connectivity index (χ4n) is 1.48. The van der Waals surface area contributed by atoms with E-state index in [1.165, 1.54) is 6.21 Å². The second-order valence-electron chi connectivity index (χ2n) is 3.55. The maximum atomic E-state index is 11.4. The van der Waals surface area contributed by atoms with Crippen molar-refractivity contribution in [2.24, 2.45) is 4.99 Å². The normalized spacial score (nSPS) is 10.9. The number of nitrogens with one attached hydrogen (secondary N) is 2. The summed E-state index contributed by atoms with van der Waals surface area (Å²) in [6.45, 7) is 1.81. The lowest BCUT2D eigenvalue weighted by atomic mass is 10.2. The molecule has 0 radical (unpaired) electrons. The fourth-order valence-corrected chi connectivity index (χ4v) is 1.48. The topological polar surface area (TPSA) is 70.2 Å². The number of nitrogens with zero attached hydrogens (tertiary/aromatic N) is 1. The highest BCUT2D eigenvalue weighted by molar-refractivity contribution is 5.83. The molecule has 1 heterocycles. The van der Waals surface area contributed by atoms with Crippen molar-refractivity contribution in [1.82, 2.24) is 10.2 Å². The average Bonchev–Trinajstić information content (AvgIpc) is 2.67. The molecular weight excluding hydrogens is 218 g/mol. The van der Waals surface area contributed by atoms with Gasteiger partial charge in [-0.15, -0.1) is 0 Å². The highest BCUT2D eigenvalue weighted by Gasteiger charge is 2.03. The molecule has 17 heavy (non-hydrogen) atoms. The standard InChI is InChI=1S/C12H13N3O2/c1-8-9(12(16)15-14-8)7-13-10-5-3-4-6-11(10)17-2/h3-7H,1-2H3,(H2,14,15,16). The van der Waals surface area contributed by atoms with Gasteiger partial charge in [0.15, 0.2) is 0 Å². The van der Waals surface area contributed by atoms with Crippen LogP contribution in [0.5, 0.6) is 5.75 Å². The van der Waals surface area contributed by atoms with Crippen molar-refractivity contribution in [2.75, 3.05) is 7.11 Å². The van der Waals surface area contributed by atoms with Gasteiger partial charge in [0.2, 0.25) is 0 Å². The Morgan fingerprint density at radius 3 is 2.71 bits per heavy atom. The Balaban J connectivity index is 2.35. The Kier molecular flexibility index (Phi) is 3.09. The number of aromatic amines is 2. The summed E-state index contributed by atoms with van der Waals surface area (Å²) >= 11 is 0. The molecule has 0 fully saturated rings. The molecule has 0 amide bonds. The Morgan fingerprint density at radius 2 is 2.06 bits per heavy atom. The van der Waals surface area contributed by atoms with E-state index in [2.05, 4.69) is 15.2 Å². The summed E-state index contributed by atoms with van der Waals surface area (Å²) in [5.74, 6) is 0.674. The van der Waals surface area contributed by atoms with Gasteiger partial charge in [-0.1, -0.05) is 12.1 Å². The molecule has 2 rings (SSSR count). The van der Waals surface area contributed by atoms with E-state index in [4.69, 9.17) is 4.74 Å². The van der Waals surface area contributed by atoms with Crippen LogP contribution in [0.4, 0.5) is 5.69 Å². The third kappa shape index (κ3) is 2.28. The van der Waals surface area contributed by atoms with E-state index in [0.717, 1.165) is 5.69 Å². The zero-order valence-corrected chi connectivity index (χ0v) is 9.65. The van der Waals surface area contributed by atoms with Crippen LogP contribution in [0.3, 0.4) is 0 Å². The Hall–Kier alpha value is -2.30. The molecule has 0 aliphatic rings. The fraction of sp³-hybridized carbons (Fsp3) is 0.167. The number of aliphatic imine (C=N–C) groups is 1. The third-order valence-electron chi connectivity index (χ3n) is 2.43.